The molecule has 1 fully saturated rings. The lowest BCUT2D eigenvalue weighted by Crippen LogP contribution is -2.50. The number of sulfonamides is 1. The molecule has 0 saturated carbocycles. The lowest BCUT2D eigenvalue weighted by molar-refractivity contribution is 0.0698. The molecular formula is C17H17ClN2O3S. The average molecular weight is 365 g/mol. The summed E-state index contributed by atoms with van der Waals surface area (Å²) >= 11 is 5.89. The zero-order valence-corrected chi connectivity index (χ0v) is 14.5. The summed E-state index contributed by atoms with van der Waals surface area (Å²) in [5.41, 5.74) is 0.614. The summed E-state index contributed by atoms with van der Waals surface area (Å²) in [6.07, 6.45) is 0. The topological polar surface area (TPSA) is 57.7 Å². The molecule has 1 aliphatic heterocycles. The van der Waals surface area contributed by atoms with Gasteiger partial charge in [0.2, 0.25) is 10.0 Å². The maximum atomic E-state index is 12.6. The summed E-state index contributed by atoms with van der Waals surface area (Å²) in [5, 5.41) is 0.383. The molecule has 1 amide bonds. The van der Waals surface area contributed by atoms with Crippen molar-refractivity contribution in [3.05, 3.63) is 65.2 Å². The van der Waals surface area contributed by atoms with Crippen LogP contribution in [0, 0.1) is 0 Å². The fourth-order valence-corrected chi connectivity index (χ4v) is 4.39. The van der Waals surface area contributed by atoms with Crippen LogP contribution in [0.5, 0.6) is 0 Å². The van der Waals surface area contributed by atoms with Crippen LogP contribution < -0.4 is 0 Å². The first kappa shape index (κ1) is 17.0. The van der Waals surface area contributed by atoms with E-state index in [0.29, 0.717) is 23.7 Å². The Morgan fingerprint density at radius 3 is 2.21 bits per heavy atom. The van der Waals surface area contributed by atoms with Crippen LogP contribution in [-0.2, 0) is 10.0 Å². The molecule has 24 heavy (non-hydrogen) atoms. The molecule has 0 aliphatic carbocycles. The molecule has 0 unspecified atom stereocenters. The van der Waals surface area contributed by atoms with E-state index in [1.807, 2.05) is 18.2 Å². The maximum Gasteiger partial charge on any atom is 0.253 e. The van der Waals surface area contributed by atoms with Crippen molar-refractivity contribution < 1.29 is 13.2 Å². The first-order valence-electron chi connectivity index (χ1n) is 7.58. The van der Waals surface area contributed by atoms with Crippen LogP contribution in [0.1, 0.15) is 10.4 Å². The first-order valence-corrected chi connectivity index (χ1v) is 9.40. The zero-order valence-electron chi connectivity index (χ0n) is 12.9. The first-order chi connectivity index (χ1) is 11.5. The Balaban J connectivity index is 1.70. The number of nitrogens with zero attached hydrogens (tertiary/aromatic N) is 2. The van der Waals surface area contributed by atoms with Crippen molar-refractivity contribution in [1.29, 1.82) is 0 Å². The number of carbonyl (C=O) groups excluding carboxylic acids is 1. The van der Waals surface area contributed by atoms with E-state index in [2.05, 4.69) is 0 Å². The minimum Gasteiger partial charge on any atom is -0.336 e. The predicted octanol–water partition coefficient (Wildman–Crippen LogP) is 2.49. The Hall–Kier alpha value is -1.89. The highest BCUT2D eigenvalue weighted by Gasteiger charge is 2.30. The molecule has 2 aromatic carbocycles. The monoisotopic (exact) mass is 364 g/mol. The molecule has 0 bridgehead atoms. The largest absolute Gasteiger partial charge is 0.336 e. The van der Waals surface area contributed by atoms with Gasteiger partial charge in [0.1, 0.15) is 0 Å². The van der Waals surface area contributed by atoms with Gasteiger partial charge in [-0.2, -0.15) is 4.31 Å². The van der Waals surface area contributed by atoms with Crippen molar-refractivity contribution in [3.8, 4) is 0 Å². The molecule has 2 aromatic rings. The smallest absolute Gasteiger partial charge is 0.253 e. The van der Waals surface area contributed by atoms with E-state index in [1.54, 1.807) is 29.2 Å². The standard InChI is InChI=1S/C17H17ClN2O3S/c18-15-7-4-8-16(13-15)24(22,23)20-11-9-19(10-12-20)17(21)14-5-2-1-3-6-14/h1-8,13H,9-12H2. The van der Waals surface area contributed by atoms with Gasteiger partial charge in [-0.05, 0) is 30.3 Å². The van der Waals surface area contributed by atoms with E-state index in [9.17, 15) is 13.2 Å². The van der Waals surface area contributed by atoms with Crippen LogP contribution in [0.2, 0.25) is 5.02 Å². The van der Waals surface area contributed by atoms with E-state index in [0.717, 1.165) is 0 Å². The minimum absolute atomic E-state index is 0.0737. The molecule has 0 aromatic heterocycles. The maximum absolute atomic E-state index is 12.6. The van der Waals surface area contributed by atoms with Gasteiger partial charge in [-0.1, -0.05) is 35.9 Å². The van der Waals surface area contributed by atoms with Gasteiger partial charge in [-0.15, -0.1) is 0 Å². The second-order valence-electron chi connectivity index (χ2n) is 5.52. The summed E-state index contributed by atoms with van der Waals surface area (Å²) < 4.78 is 26.7. The van der Waals surface area contributed by atoms with Gasteiger partial charge < -0.3 is 4.90 Å². The third-order valence-corrected chi connectivity index (χ3v) is 6.11. The molecule has 1 aliphatic rings. The number of halogens is 1. The van der Waals surface area contributed by atoms with E-state index >= 15 is 0 Å². The van der Waals surface area contributed by atoms with Gasteiger partial charge in [-0.3, -0.25) is 4.79 Å². The summed E-state index contributed by atoms with van der Waals surface area (Å²) in [6.45, 7) is 1.28. The van der Waals surface area contributed by atoms with Gasteiger partial charge in [0.05, 0.1) is 4.90 Å². The van der Waals surface area contributed by atoms with Crippen molar-refractivity contribution in [2.75, 3.05) is 26.2 Å². The second-order valence-corrected chi connectivity index (χ2v) is 7.89. The molecular weight excluding hydrogens is 348 g/mol. The van der Waals surface area contributed by atoms with Crippen LogP contribution in [0.15, 0.2) is 59.5 Å². The predicted molar refractivity (Wildman–Crippen MR) is 92.6 cm³/mol. The molecule has 3 rings (SSSR count). The highest BCUT2D eigenvalue weighted by atomic mass is 35.5. The Bertz CT molecular complexity index is 832. The Labute approximate surface area is 146 Å². The lowest BCUT2D eigenvalue weighted by Gasteiger charge is -2.34. The Kier molecular flexibility index (Phi) is 4.89. The van der Waals surface area contributed by atoms with E-state index in [4.69, 9.17) is 11.6 Å². The fourth-order valence-electron chi connectivity index (χ4n) is 2.67. The normalized spacial score (nSPS) is 16.1. The highest BCUT2D eigenvalue weighted by molar-refractivity contribution is 7.89. The second kappa shape index (κ2) is 6.93. The van der Waals surface area contributed by atoms with Gasteiger partial charge in [0, 0.05) is 36.8 Å². The van der Waals surface area contributed by atoms with Crippen LogP contribution in [0.3, 0.4) is 0 Å². The molecule has 1 heterocycles. The van der Waals surface area contributed by atoms with Crippen molar-refractivity contribution in [2.45, 2.75) is 4.90 Å². The summed E-state index contributed by atoms with van der Waals surface area (Å²) in [4.78, 5) is 14.3. The van der Waals surface area contributed by atoms with E-state index in [1.165, 1.54) is 16.4 Å². The van der Waals surface area contributed by atoms with Crippen LogP contribution in [0.25, 0.3) is 0 Å². The molecule has 7 heteroatoms. The van der Waals surface area contributed by atoms with Gasteiger partial charge in [0.25, 0.3) is 5.91 Å². The van der Waals surface area contributed by atoms with Crippen molar-refractivity contribution in [2.24, 2.45) is 0 Å². The summed E-state index contributed by atoms with van der Waals surface area (Å²) in [7, 11) is -3.59. The van der Waals surface area contributed by atoms with E-state index in [-0.39, 0.29) is 23.9 Å². The fraction of sp³-hybridized carbons (Fsp3) is 0.235. The third-order valence-electron chi connectivity index (χ3n) is 3.98. The molecule has 126 valence electrons. The van der Waals surface area contributed by atoms with Crippen LogP contribution in [-0.4, -0.2) is 49.7 Å². The van der Waals surface area contributed by atoms with E-state index < -0.39 is 10.0 Å². The van der Waals surface area contributed by atoms with Crippen LogP contribution in [0.4, 0.5) is 0 Å². The quantitative estimate of drug-likeness (QED) is 0.840. The zero-order chi connectivity index (χ0) is 17.2. The number of amides is 1. The molecule has 5 nitrogen and oxygen atoms in total. The van der Waals surface area contributed by atoms with Crippen molar-refractivity contribution in [3.63, 3.8) is 0 Å². The highest BCUT2D eigenvalue weighted by Crippen LogP contribution is 2.21. The molecule has 0 atom stereocenters. The number of hydrogen-bond acceptors (Lipinski definition) is 3. The minimum atomic E-state index is -3.59. The van der Waals surface area contributed by atoms with Crippen molar-refractivity contribution >= 4 is 27.5 Å². The third kappa shape index (κ3) is 3.45. The van der Waals surface area contributed by atoms with Gasteiger partial charge in [0.15, 0.2) is 0 Å². The average Bonchev–Trinajstić information content (AvgIpc) is 2.62. The lowest BCUT2D eigenvalue weighted by atomic mass is 10.2. The van der Waals surface area contributed by atoms with Crippen LogP contribution >= 0.6 is 11.6 Å². The van der Waals surface area contributed by atoms with Gasteiger partial charge >= 0.3 is 0 Å². The molecule has 1 saturated heterocycles. The molecule has 0 spiro atoms. The Morgan fingerprint density at radius 2 is 1.58 bits per heavy atom. The number of piperazine rings is 1. The summed E-state index contributed by atoms with van der Waals surface area (Å²) in [5.74, 6) is -0.0737. The SMILES string of the molecule is O=C(c1ccccc1)N1CCN(S(=O)(=O)c2cccc(Cl)c2)CC1. The number of rotatable bonds is 3. The number of hydrogen-bond donors (Lipinski definition) is 0. The molecule has 0 radical (unpaired) electrons. The van der Waals surface area contributed by atoms with Gasteiger partial charge in [-0.25, -0.2) is 8.42 Å². The molecule has 0 N–H and O–H groups in total. The van der Waals surface area contributed by atoms with Crippen molar-refractivity contribution in [1.82, 2.24) is 9.21 Å². The summed E-state index contributed by atoms with van der Waals surface area (Å²) in [6, 6.07) is 15.2. The number of benzene rings is 2. The number of carbonyl (C=O) groups is 1. The Morgan fingerprint density at radius 1 is 0.917 bits per heavy atom.